The van der Waals surface area contributed by atoms with Gasteiger partial charge in [0.2, 0.25) is 0 Å². The summed E-state index contributed by atoms with van der Waals surface area (Å²) in [6.45, 7) is 8.12. The van der Waals surface area contributed by atoms with Crippen molar-refractivity contribution >= 4 is 41.1 Å². The molecule has 0 aromatic heterocycles. The lowest BCUT2D eigenvalue weighted by Crippen LogP contribution is -2.47. The molecule has 7 nitrogen and oxygen atoms in total. The molecule has 1 aliphatic heterocycles. The number of hydrazine groups is 1. The van der Waals surface area contributed by atoms with Crippen LogP contribution in [0.4, 0.5) is 4.39 Å². The van der Waals surface area contributed by atoms with E-state index in [4.69, 9.17) is 32.7 Å². The molecule has 2 aromatic rings. The number of amides is 1. The van der Waals surface area contributed by atoms with Gasteiger partial charge < -0.3 is 9.47 Å². The lowest BCUT2D eigenvalue weighted by Gasteiger charge is -2.44. The number of rotatable bonds is 12. The maximum Gasteiger partial charge on any atom is 0.271 e. The van der Waals surface area contributed by atoms with Crippen LogP contribution in [-0.4, -0.2) is 58.8 Å². The first-order valence-electron chi connectivity index (χ1n) is 13.7. The number of nitrogens with one attached hydrogen (secondary N) is 1. The summed E-state index contributed by atoms with van der Waals surface area (Å²) in [4.78, 5) is 15.0. The fourth-order valence-electron chi connectivity index (χ4n) is 5.37. The number of nitrogens with zero attached hydrogens (tertiary/aromatic N) is 2. The van der Waals surface area contributed by atoms with Crippen molar-refractivity contribution in [1.29, 1.82) is 0 Å². The smallest absolute Gasteiger partial charge is 0.271 e. The third kappa shape index (κ3) is 7.82. The molecule has 1 unspecified atom stereocenters. The van der Waals surface area contributed by atoms with Crippen LogP contribution in [-0.2, 0) is 4.74 Å². The van der Waals surface area contributed by atoms with E-state index in [1.807, 2.05) is 19.1 Å². The van der Waals surface area contributed by atoms with Gasteiger partial charge >= 0.3 is 0 Å². The Morgan fingerprint density at radius 2 is 1.82 bits per heavy atom. The summed E-state index contributed by atoms with van der Waals surface area (Å²) in [6.07, 6.45) is 3.77. The first-order valence-corrected chi connectivity index (χ1v) is 15.4. The number of carbonyl (C=O) groups is 1. The molecule has 2 fully saturated rings. The molecule has 4 rings (SSSR count). The van der Waals surface area contributed by atoms with Crippen molar-refractivity contribution in [2.24, 2.45) is 5.92 Å². The van der Waals surface area contributed by atoms with E-state index in [1.165, 1.54) is 6.07 Å². The molecule has 1 saturated heterocycles. The van der Waals surface area contributed by atoms with Gasteiger partial charge in [-0.2, -0.15) is 0 Å². The van der Waals surface area contributed by atoms with Gasteiger partial charge in [-0.3, -0.25) is 20.3 Å². The maximum atomic E-state index is 15.0. The van der Waals surface area contributed by atoms with Crippen molar-refractivity contribution in [2.75, 3.05) is 32.6 Å². The van der Waals surface area contributed by atoms with Crippen LogP contribution >= 0.6 is 35.1 Å². The minimum absolute atomic E-state index is 0.0320. The summed E-state index contributed by atoms with van der Waals surface area (Å²) in [5, 5.41) is 10.9. The highest BCUT2D eigenvalue weighted by Gasteiger charge is 2.38. The van der Waals surface area contributed by atoms with Gasteiger partial charge in [-0.25, -0.2) is 4.39 Å². The molecular formula is C29H38Cl2FN3O4S. The molecule has 220 valence electrons. The minimum Gasteiger partial charge on any atom is -0.493 e. The van der Waals surface area contributed by atoms with Crippen LogP contribution in [0.3, 0.4) is 0 Å². The van der Waals surface area contributed by atoms with Crippen molar-refractivity contribution < 1.29 is 23.9 Å². The Kier molecular flexibility index (Phi) is 10.7. The number of carbonyl (C=O) groups excluding carboxylic acids is 1. The molecule has 1 amide bonds. The monoisotopic (exact) mass is 613 g/mol. The highest BCUT2D eigenvalue weighted by molar-refractivity contribution is 7.96. The summed E-state index contributed by atoms with van der Waals surface area (Å²) in [5.41, 5.74) is 3.57. The van der Waals surface area contributed by atoms with E-state index < -0.39 is 17.3 Å². The zero-order valence-corrected chi connectivity index (χ0v) is 25.7. The van der Waals surface area contributed by atoms with Gasteiger partial charge in [0, 0.05) is 29.0 Å². The van der Waals surface area contributed by atoms with Crippen LogP contribution in [0.1, 0.15) is 79.9 Å². The van der Waals surface area contributed by atoms with E-state index in [2.05, 4.69) is 24.2 Å². The molecule has 2 N–H and O–H groups in total. The van der Waals surface area contributed by atoms with Gasteiger partial charge in [0.1, 0.15) is 11.6 Å². The quantitative estimate of drug-likeness (QED) is 0.192. The predicted molar refractivity (Wildman–Crippen MR) is 158 cm³/mol. The molecule has 0 spiro atoms. The van der Waals surface area contributed by atoms with Crippen LogP contribution in [0.5, 0.6) is 5.75 Å². The van der Waals surface area contributed by atoms with Gasteiger partial charge in [0.25, 0.3) is 5.91 Å². The zero-order valence-electron chi connectivity index (χ0n) is 23.4. The number of piperidine rings is 1. The van der Waals surface area contributed by atoms with Gasteiger partial charge in [0.05, 0.1) is 23.8 Å². The van der Waals surface area contributed by atoms with Crippen LogP contribution in [0.2, 0.25) is 10.0 Å². The van der Waals surface area contributed by atoms with E-state index >= 15 is 0 Å². The van der Waals surface area contributed by atoms with Gasteiger partial charge in [-0.15, -0.1) is 0 Å². The standard InChI is InChI=1S/C29H38Cl2FN3O4S/c1-5-40-35(37)33-28(36)24-15-23(19-6-7-19)26(16-25(24)32)39-17-18-8-10-34(11-9-18)27(29(2,3)38-4)20-12-21(30)14-22(31)13-20/h12-16,18-19,27,37H,5-11,17H2,1-4H3,(H,33,36). The van der Waals surface area contributed by atoms with Crippen molar-refractivity contribution in [2.45, 2.75) is 64.0 Å². The summed E-state index contributed by atoms with van der Waals surface area (Å²) in [7, 11) is 1.72. The number of likely N-dealkylation sites (tertiary alicyclic amines) is 1. The molecule has 2 aliphatic rings. The fraction of sp³-hybridized carbons (Fsp3) is 0.552. The van der Waals surface area contributed by atoms with Gasteiger partial charge in [0.15, 0.2) is 0 Å². The second-order valence-electron chi connectivity index (χ2n) is 11.0. The highest BCUT2D eigenvalue weighted by atomic mass is 35.5. The zero-order chi connectivity index (χ0) is 29.0. The average molecular weight is 615 g/mol. The molecule has 2 aromatic carbocycles. The molecule has 40 heavy (non-hydrogen) atoms. The van der Waals surface area contributed by atoms with Crippen molar-refractivity contribution in [3.8, 4) is 5.75 Å². The molecular weight excluding hydrogens is 576 g/mol. The first kappa shape index (κ1) is 31.3. The summed E-state index contributed by atoms with van der Waals surface area (Å²) >= 11 is 13.7. The average Bonchev–Trinajstić information content (AvgIpc) is 3.73. The molecule has 11 heteroatoms. The molecule has 1 atom stereocenters. The Hall–Kier alpha value is -1.59. The Labute approximate surface area is 250 Å². The Morgan fingerprint density at radius 3 is 2.40 bits per heavy atom. The summed E-state index contributed by atoms with van der Waals surface area (Å²) in [5.74, 6) is 0.230. The number of hydrogen-bond acceptors (Lipinski definition) is 7. The van der Waals surface area contributed by atoms with Crippen LogP contribution in [0.15, 0.2) is 30.3 Å². The third-order valence-corrected chi connectivity index (χ3v) is 8.71. The van der Waals surface area contributed by atoms with Crippen LogP contribution in [0.25, 0.3) is 0 Å². The Morgan fingerprint density at radius 1 is 1.18 bits per heavy atom. The molecule has 0 bridgehead atoms. The maximum absolute atomic E-state index is 15.0. The van der Waals surface area contributed by atoms with Crippen LogP contribution < -0.4 is 10.2 Å². The van der Waals surface area contributed by atoms with Gasteiger partial charge in [-0.1, -0.05) is 30.1 Å². The summed E-state index contributed by atoms with van der Waals surface area (Å²) in [6, 6.07) is 8.48. The molecule has 1 saturated carbocycles. The van der Waals surface area contributed by atoms with E-state index in [0.29, 0.717) is 38.6 Å². The van der Waals surface area contributed by atoms with E-state index in [-0.39, 0.29) is 17.5 Å². The Bertz CT molecular complexity index is 1170. The lowest BCUT2D eigenvalue weighted by atomic mass is 9.87. The SMILES string of the molecule is CCSN(O)NC(=O)c1cc(C2CC2)c(OCC2CCN(C(c3cc(Cl)cc(Cl)c3)C(C)(C)OC)CC2)cc1F. The number of ether oxygens (including phenoxy) is 2. The second-order valence-corrected chi connectivity index (χ2v) is 13.0. The van der Waals surface area contributed by atoms with E-state index in [0.717, 1.165) is 61.8 Å². The van der Waals surface area contributed by atoms with E-state index in [9.17, 15) is 14.4 Å². The molecule has 1 aliphatic carbocycles. The number of benzene rings is 2. The highest BCUT2D eigenvalue weighted by Crippen LogP contribution is 2.45. The van der Waals surface area contributed by atoms with Crippen molar-refractivity contribution in [3.63, 3.8) is 0 Å². The third-order valence-electron chi connectivity index (χ3n) is 7.68. The number of methoxy groups -OCH3 is 1. The largest absolute Gasteiger partial charge is 0.493 e. The molecule has 1 heterocycles. The molecule has 0 radical (unpaired) electrons. The topological polar surface area (TPSA) is 74.3 Å². The second kappa shape index (κ2) is 13.6. The normalized spacial score (nSPS) is 17.7. The van der Waals surface area contributed by atoms with Crippen molar-refractivity contribution in [3.05, 3.63) is 62.9 Å². The summed E-state index contributed by atoms with van der Waals surface area (Å²) < 4.78 is 27.7. The Balaban J connectivity index is 1.42. The fourth-order valence-corrected chi connectivity index (χ4v) is 6.30. The van der Waals surface area contributed by atoms with Crippen LogP contribution in [0, 0.1) is 11.7 Å². The number of halogens is 3. The minimum atomic E-state index is -0.698. The van der Waals surface area contributed by atoms with Gasteiger partial charge in [-0.05, 0) is 116 Å². The number of hydrogen-bond donors (Lipinski definition) is 2. The predicted octanol–water partition coefficient (Wildman–Crippen LogP) is 7.27. The van der Waals surface area contributed by atoms with E-state index in [1.54, 1.807) is 19.2 Å². The van der Waals surface area contributed by atoms with Crippen molar-refractivity contribution in [1.82, 2.24) is 14.9 Å². The lowest BCUT2D eigenvalue weighted by molar-refractivity contribution is -0.0644. The first-order chi connectivity index (χ1) is 19.0.